The third-order valence-electron chi connectivity index (χ3n) is 2.78. The van der Waals surface area contributed by atoms with Crippen molar-refractivity contribution in [1.29, 1.82) is 0 Å². The predicted octanol–water partition coefficient (Wildman–Crippen LogP) is 1.50. The summed E-state index contributed by atoms with van der Waals surface area (Å²) in [6.45, 7) is 4.71. The summed E-state index contributed by atoms with van der Waals surface area (Å²) in [5.41, 5.74) is 0. The second-order valence-corrected chi connectivity index (χ2v) is 7.73. The van der Waals surface area contributed by atoms with Gasteiger partial charge in [-0.05, 0) is 25.9 Å². The van der Waals surface area contributed by atoms with E-state index in [0.717, 1.165) is 0 Å². The van der Waals surface area contributed by atoms with Crippen LogP contribution in [0.1, 0.15) is 33.1 Å². The van der Waals surface area contributed by atoms with Crippen molar-refractivity contribution in [2.45, 2.75) is 38.9 Å². The van der Waals surface area contributed by atoms with Crippen molar-refractivity contribution in [3.05, 3.63) is 0 Å². The maximum Gasteiger partial charge on any atom is 0.342 e. The summed E-state index contributed by atoms with van der Waals surface area (Å²) in [5.74, 6) is -0.857. The lowest BCUT2D eigenvalue weighted by Gasteiger charge is -2.30. The Balaban J connectivity index is -0.00000144. The van der Waals surface area contributed by atoms with Crippen molar-refractivity contribution < 1.29 is 28.7 Å². The molecule has 10 N–H and O–H groups in total. The standard InChI is InChI=1S/C9H23NO6P2.2H3N/c1-3-10(4-2)9(18(14,15)16)7-5-6-8-17(11,12)13;;/h9H,3-8H2,1-2H3,(H2,11,12,13)(H2,14,15,16);2*1H3. The first kappa shape index (κ1) is 25.2. The van der Waals surface area contributed by atoms with Crippen LogP contribution in [0.3, 0.4) is 0 Å². The summed E-state index contributed by atoms with van der Waals surface area (Å²) in [6, 6.07) is 0. The predicted molar refractivity (Wildman–Crippen MR) is 79.6 cm³/mol. The van der Waals surface area contributed by atoms with E-state index in [1.165, 1.54) is 0 Å². The Hall–Kier alpha value is 0.180. The van der Waals surface area contributed by atoms with Gasteiger partial charge >= 0.3 is 15.2 Å². The van der Waals surface area contributed by atoms with Gasteiger partial charge in [0.1, 0.15) is 5.78 Å². The molecule has 1 atom stereocenters. The van der Waals surface area contributed by atoms with Gasteiger partial charge < -0.3 is 31.9 Å². The molecule has 0 aromatic carbocycles. The fourth-order valence-electron chi connectivity index (χ4n) is 1.85. The molecule has 0 bridgehead atoms. The molecule has 9 nitrogen and oxygen atoms in total. The molecule has 0 amide bonds. The molecule has 0 spiro atoms. The Kier molecular flexibility index (Phi) is 13.6. The first-order valence-corrected chi connectivity index (χ1v) is 9.43. The number of nitrogens with zero attached hydrogens (tertiary/aromatic N) is 1. The molecule has 0 aliphatic rings. The van der Waals surface area contributed by atoms with Gasteiger partial charge in [-0.1, -0.05) is 20.3 Å². The largest absolute Gasteiger partial charge is 0.344 e. The molecule has 0 rings (SSSR count). The van der Waals surface area contributed by atoms with E-state index >= 15 is 0 Å². The lowest BCUT2D eigenvalue weighted by molar-refractivity contribution is 0.219. The van der Waals surface area contributed by atoms with Gasteiger partial charge in [0.25, 0.3) is 0 Å². The van der Waals surface area contributed by atoms with Crippen LogP contribution in [0.4, 0.5) is 0 Å². The number of rotatable bonds is 9. The maximum absolute atomic E-state index is 11.4. The van der Waals surface area contributed by atoms with Crippen molar-refractivity contribution in [1.82, 2.24) is 17.2 Å². The molecule has 0 aromatic heterocycles. The summed E-state index contributed by atoms with van der Waals surface area (Å²) >= 11 is 0. The Bertz CT molecular complexity index is 328. The third kappa shape index (κ3) is 10.9. The molecule has 0 fully saturated rings. The van der Waals surface area contributed by atoms with Gasteiger partial charge in [-0.15, -0.1) is 0 Å². The molecule has 0 saturated heterocycles. The van der Waals surface area contributed by atoms with Crippen LogP contribution in [-0.2, 0) is 9.13 Å². The molecular formula is C9H29N3O6P2. The highest BCUT2D eigenvalue weighted by molar-refractivity contribution is 7.52. The zero-order valence-corrected chi connectivity index (χ0v) is 14.0. The van der Waals surface area contributed by atoms with Crippen molar-refractivity contribution in [2.75, 3.05) is 19.3 Å². The van der Waals surface area contributed by atoms with Crippen molar-refractivity contribution >= 4 is 15.2 Å². The molecule has 1 unspecified atom stereocenters. The minimum absolute atomic E-state index is 0. The molecule has 0 heterocycles. The van der Waals surface area contributed by atoms with E-state index < -0.39 is 21.0 Å². The molecular weight excluding hydrogens is 308 g/mol. The van der Waals surface area contributed by atoms with Gasteiger partial charge in [0.2, 0.25) is 0 Å². The monoisotopic (exact) mass is 337 g/mol. The molecule has 0 saturated carbocycles. The van der Waals surface area contributed by atoms with Crippen LogP contribution >= 0.6 is 15.2 Å². The number of unbranched alkanes of at least 4 members (excludes halogenated alkanes) is 1. The lowest BCUT2D eigenvalue weighted by Crippen LogP contribution is -2.34. The van der Waals surface area contributed by atoms with Crippen molar-refractivity contribution in [2.24, 2.45) is 0 Å². The van der Waals surface area contributed by atoms with Gasteiger partial charge in [0, 0.05) is 6.16 Å². The van der Waals surface area contributed by atoms with Crippen molar-refractivity contribution in [3.63, 3.8) is 0 Å². The fraction of sp³-hybridized carbons (Fsp3) is 1.00. The van der Waals surface area contributed by atoms with Crippen LogP contribution < -0.4 is 12.3 Å². The van der Waals surface area contributed by atoms with Gasteiger partial charge in [-0.25, -0.2) is 0 Å². The van der Waals surface area contributed by atoms with Gasteiger partial charge in [0.15, 0.2) is 0 Å². The Morgan fingerprint density at radius 3 is 1.70 bits per heavy atom. The summed E-state index contributed by atoms with van der Waals surface area (Å²) in [5, 5.41) is 0. The zero-order valence-electron chi connectivity index (χ0n) is 12.2. The Morgan fingerprint density at radius 2 is 1.40 bits per heavy atom. The smallest absolute Gasteiger partial charge is 0.342 e. The first-order valence-electron chi connectivity index (χ1n) is 5.95. The summed E-state index contributed by atoms with van der Waals surface area (Å²) in [4.78, 5) is 37.6. The molecule has 0 aliphatic carbocycles. The first-order chi connectivity index (χ1) is 8.11. The van der Waals surface area contributed by atoms with E-state index in [1.807, 2.05) is 13.8 Å². The van der Waals surface area contributed by atoms with Gasteiger partial charge in [-0.3, -0.25) is 14.0 Å². The van der Waals surface area contributed by atoms with E-state index in [4.69, 9.17) is 9.79 Å². The van der Waals surface area contributed by atoms with Crippen LogP contribution in [0.15, 0.2) is 0 Å². The van der Waals surface area contributed by atoms with E-state index in [1.54, 1.807) is 4.90 Å². The van der Waals surface area contributed by atoms with E-state index in [0.29, 0.717) is 19.5 Å². The van der Waals surface area contributed by atoms with Gasteiger partial charge in [-0.2, -0.15) is 0 Å². The minimum atomic E-state index is -4.21. The highest BCUT2D eigenvalue weighted by atomic mass is 31.2. The third-order valence-corrected chi connectivity index (χ3v) is 5.04. The SMILES string of the molecule is CCN(CC)C(CCCCP(=O)(O)O)P(=O)(O)O.N.N. The number of hydrogen-bond acceptors (Lipinski definition) is 5. The molecule has 0 aliphatic heterocycles. The lowest BCUT2D eigenvalue weighted by atomic mass is 10.2. The molecule has 0 radical (unpaired) electrons. The maximum atomic E-state index is 11.4. The topological polar surface area (TPSA) is 188 Å². The van der Waals surface area contributed by atoms with E-state index in [-0.39, 0.29) is 31.3 Å². The Labute approximate surface area is 120 Å². The number of hydrogen-bond donors (Lipinski definition) is 6. The van der Waals surface area contributed by atoms with E-state index in [9.17, 15) is 18.9 Å². The average Bonchev–Trinajstić information content (AvgIpc) is 2.19. The quantitative estimate of drug-likeness (QED) is 0.267. The summed E-state index contributed by atoms with van der Waals surface area (Å²) in [6.07, 6.45) is 0.657. The highest BCUT2D eigenvalue weighted by Crippen LogP contribution is 2.45. The second kappa shape index (κ2) is 10.8. The zero-order chi connectivity index (χ0) is 14.4. The van der Waals surface area contributed by atoms with Crippen LogP contribution in [0.5, 0.6) is 0 Å². The van der Waals surface area contributed by atoms with Crippen LogP contribution in [0, 0.1) is 0 Å². The van der Waals surface area contributed by atoms with Crippen LogP contribution in [-0.4, -0.2) is 49.5 Å². The fourth-order valence-corrected chi connectivity index (χ4v) is 3.76. The molecule has 20 heavy (non-hydrogen) atoms. The Morgan fingerprint density at radius 1 is 0.950 bits per heavy atom. The van der Waals surface area contributed by atoms with Crippen LogP contribution in [0.25, 0.3) is 0 Å². The van der Waals surface area contributed by atoms with Crippen molar-refractivity contribution in [3.8, 4) is 0 Å². The average molecular weight is 337 g/mol. The second-order valence-electron chi connectivity index (χ2n) is 4.17. The van der Waals surface area contributed by atoms with Crippen LogP contribution in [0.2, 0.25) is 0 Å². The van der Waals surface area contributed by atoms with E-state index in [2.05, 4.69) is 0 Å². The summed E-state index contributed by atoms with van der Waals surface area (Å²) in [7, 11) is -8.23. The molecule has 11 heteroatoms. The summed E-state index contributed by atoms with van der Waals surface area (Å²) < 4.78 is 22.0. The van der Waals surface area contributed by atoms with Gasteiger partial charge in [0.05, 0.1) is 0 Å². The minimum Gasteiger partial charge on any atom is -0.344 e. The highest BCUT2D eigenvalue weighted by Gasteiger charge is 2.32. The molecule has 0 aromatic rings. The molecule has 126 valence electrons. The normalized spacial score (nSPS) is 13.6.